The van der Waals surface area contributed by atoms with E-state index < -0.39 is 9.84 Å². The summed E-state index contributed by atoms with van der Waals surface area (Å²) in [6.07, 6.45) is 1.59. The molecule has 0 aromatic heterocycles. The molecule has 0 aliphatic rings. The highest BCUT2D eigenvalue weighted by atomic mass is 32.2. The van der Waals surface area contributed by atoms with E-state index in [1.165, 1.54) is 6.26 Å². The van der Waals surface area contributed by atoms with Crippen molar-refractivity contribution in [3.8, 4) is 0 Å². The van der Waals surface area contributed by atoms with Crippen LogP contribution in [0.3, 0.4) is 0 Å². The van der Waals surface area contributed by atoms with Crippen LogP contribution in [0.1, 0.15) is 38.8 Å². The van der Waals surface area contributed by atoms with Gasteiger partial charge >= 0.3 is 0 Å². The first-order valence-corrected chi connectivity index (χ1v) is 8.96. The topological polar surface area (TPSA) is 75.3 Å². The highest BCUT2D eigenvalue weighted by Crippen LogP contribution is 2.16. The molecular weight excluding hydrogens is 288 g/mol. The van der Waals surface area contributed by atoms with Crippen molar-refractivity contribution in [2.75, 3.05) is 12.8 Å². The summed E-state index contributed by atoms with van der Waals surface area (Å²) in [5, 5.41) is 6.10. The Morgan fingerprint density at radius 1 is 1.19 bits per heavy atom. The summed E-state index contributed by atoms with van der Waals surface area (Å²) in [5.41, 5.74) is 0.881. The number of carbonyl (C=O) groups is 1. The molecule has 2 unspecified atom stereocenters. The van der Waals surface area contributed by atoms with Crippen LogP contribution in [0.5, 0.6) is 0 Å². The van der Waals surface area contributed by atoms with Crippen molar-refractivity contribution in [1.29, 1.82) is 0 Å². The van der Waals surface area contributed by atoms with Gasteiger partial charge in [0.15, 0.2) is 9.84 Å². The monoisotopic (exact) mass is 312 g/mol. The lowest BCUT2D eigenvalue weighted by atomic mass is 10.1. The van der Waals surface area contributed by atoms with Gasteiger partial charge in [-0.05, 0) is 38.1 Å². The summed E-state index contributed by atoms with van der Waals surface area (Å²) in [6.45, 7) is 6.68. The Kier molecular flexibility index (Phi) is 6.36. The minimum Gasteiger partial charge on any atom is -0.350 e. The average molecular weight is 312 g/mol. The number of benzene rings is 1. The van der Waals surface area contributed by atoms with Gasteiger partial charge in [0.1, 0.15) is 0 Å². The minimum absolute atomic E-state index is 0.0249. The third kappa shape index (κ3) is 5.85. The Balaban J connectivity index is 2.63. The first-order chi connectivity index (χ1) is 9.74. The van der Waals surface area contributed by atoms with Gasteiger partial charge < -0.3 is 10.6 Å². The summed E-state index contributed by atoms with van der Waals surface area (Å²) in [4.78, 5) is 12.2. The zero-order chi connectivity index (χ0) is 16.0. The second-order valence-electron chi connectivity index (χ2n) is 5.29. The number of hydrogen-bond donors (Lipinski definition) is 2. The minimum atomic E-state index is -3.19. The van der Waals surface area contributed by atoms with Gasteiger partial charge in [0.05, 0.1) is 10.9 Å². The van der Waals surface area contributed by atoms with E-state index in [2.05, 4.69) is 10.6 Å². The molecule has 0 fully saturated rings. The van der Waals surface area contributed by atoms with Crippen molar-refractivity contribution < 1.29 is 13.2 Å². The zero-order valence-corrected chi connectivity index (χ0v) is 13.8. The fourth-order valence-electron chi connectivity index (χ4n) is 2.09. The normalized spacial score (nSPS) is 14.5. The van der Waals surface area contributed by atoms with Gasteiger partial charge in [0.25, 0.3) is 0 Å². The summed E-state index contributed by atoms with van der Waals surface area (Å²) in [7, 11) is -3.19. The Hall–Kier alpha value is -1.40. The SMILES string of the molecule is CCNC(C)CC(=O)NC(C)c1ccc(S(C)(=O)=O)cc1. The highest BCUT2D eigenvalue weighted by Gasteiger charge is 2.13. The van der Waals surface area contributed by atoms with E-state index in [4.69, 9.17) is 0 Å². The number of sulfone groups is 1. The van der Waals surface area contributed by atoms with E-state index in [1.807, 2.05) is 20.8 Å². The molecule has 2 atom stereocenters. The quantitative estimate of drug-likeness (QED) is 0.803. The summed E-state index contributed by atoms with van der Waals surface area (Å²) in [5.74, 6) is -0.0249. The molecule has 118 valence electrons. The van der Waals surface area contributed by atoms with E-state index in [9.17, 15) is 13.2 Å². The first-order valence-electron chi connectivity index (χ1n) is 7.06. The van der Waals surface area contributed by atoms with Crippen molar-refractivity contribution in [3.63, 3.8) is 0 Å². The van der Waals surface area contributed by atoms with Crippen LogP contribution in [-0.2, 0) is 14.6 Å². The summed E-state index contributed by atoms with van der Waals surface area (Å²) in [6, 6.07) is 6.57. The predicted octanol–water partition coefficient (Wildman–Crippen LogP) is 1.66. The second kappa shape index (κ2) is 7.56. The average Bonchev–Trinajstić information content (AvgIpc) is 2.37. The van der Waals surface area contributed by atoms with Gasteiger partial charge in [-0.15, -0.1) is 0 Å². The van der Waals surface area contributed by atoms with Gasteiger partial charge in [-0.25, -0.2) is 8.42 Å². The molecule has 1 rings (SSSR count). The van der Waals surface area contributed by atoms with Crippen LogP contribution in [0.15, 0.2) is 29.2 Å². The molecule has 21 heavy (non-hydrogen) atoms. The van der Waals surface area contributed by atoms with Crippen LogP contribution in [0.4, 0.5) is 0 Å². The van der Waals surface area contributed by atoms with E-state index in [0.717, 1.165) is 12.1 Å². The maximum absolute atomic E-state index is 11.9. The Morgan fingerprint density at radius 2 is 1.76 bits per heavy atom. The number of carbonyl (C=O) groups excluding carboxylic acids is 1. The molecule has 0 spiro atoms. The summed E-state index contributed by atoms with van der Waals surface area (Å²) < 4.78 is 22.8. The summed E-state index contributed by atoms with van der Waals surface area (Å²) >= 11 is 0. The van der Waals surface area contributed by atoms with E-state index in [0.29, 0.717) is 6.42 Å². The lowest BCUT2D eigenvalue weighted by molar-refractivity contribution is -0.122. The molecule has 0 radical (unpaired) electrons. The maximum atomic E-state index is 11.9. The molecule has 1 aromatic carbocycles. The van der Waals surface area contributed by atoms with Gasteiger partial charge in [0, 0.05) is 18.7 Å². The van der Waals surface area contributed by atoms with Crippen LogP contribution in [0, 0.1) is 0 Å². The number of amides is 1. The standard InChI is InChI=1S/C15H24N2O3S/c1-5-16-11(2)10-15(18)17-12(3)13-6-8-14(9-7-13)21(4,19)20/h6-9,11-12,16H,5,10H2,1-4H3,(H,17,18). The van der Waals surface area contributed by atoms with Crippen LogP contribution in [-0.4, -0.2) is 33.2 Å². The molecule has 2 N–H and O–H groups in total. The number of nitrogens with one attached hydrogen (secondary N) is 2. The van der Waals surface area contributed by atoms with E-state index in [1.54, 1.807) is 24.3 Å². The van der Waals surface area contributed by atoms with Gasteiger partial charge in [0.2, 0.25) is 5.91 Å². The van der Waals surface area contributed by atoms with Crippen molar-refractivity contribution >= 4 is 15.7 Å². The highest BCUT2D eigenvalue weighted by molar-refractivity contribution is 7.90. The Bertz CT molecular complexity index is 567. The molecule has 0 heterocycles. The molecule has 6 heteroatoms. The van der Waals surface area contributed by atoms with Crippen molar-refractivity contribution in [1.82, 2.24) is 10.6 Å². The molecule has 0 aliphatic heterocycles. The van der Waals surface area contributed by atoms with E-state index >= 15 is 0 Å². The zero-order valence-electron chi connectivity index (χ0n) is 13.0. The Labute approximate surface area is 127 Å². The van der Waals surface area contributed by atoms with Crippen LogP contribution in [0.25, 0.3) is 0 Å². The Morgan fingerprint density at radius 3 is 2.24 bits per heavy atom. The van der Waals surface area contributed by atoms with Crippen LogP contribution in [0.2, 0.25) is 0 Å². The van der Waals surface area contributed by atoms with Gasteiger partial charge in [-0.1, -0.05) is 19.1 Å². The second-order valence-corrected chi connectivity index (χ2v) is 7.31. The molecule has 0 saturated carbocycles. The fourth-order valence-corrected chi connectivity index (χ4v) is 2.72. The molecule has 5 nitrogen and oxygen atoms in total. The lowest BCUT2D eigenvalue weighted by Crippen LogP contribution is -2.34. The van der Waals surface area contributed by atoms with Gasteiger partial charge in [-0.3, -0.25) is 4.79 Å². The number of hydrogen-bond acceptors (Lipinski definition) is 4. The van der Waals surface area contributed by atoms with E-state index in [-0.39, 0.29) is 22.9 Å². The van der Waals surface area contributed by atoms with Crippen molar-refractivity contribution in [3.05, 3.63) is 29.8 Å². The van der Waals surface area contributed by atoms with Crippen molar-refractivity contribution in [2.45, 2.75) is 44.2 Å². The molecule has 0 aliphatic carbocycles. The molecule has 1 aromatic rings. The smallest absolute Gasteiger partial charge is 0.222 e. The molecule has 0 bridgehead atoms. The lowest BCUT2D eigenvalue weighted by Gasteiger charge is -2.17. The van der Waals surface area contributed by atoms with Crippen LogP contribution >= 0.6 is 0 Å². The molecular formula is C15H24N2O3S. The largest absolute Gasteiger partial charge is 0.350 e. The third-order valence-corrected chi connectivity index (χ3v) is 4.36. The van der Waals surface area contributed by atoms with Crippen molar-refractivity contribution in [2.24, 2.45) is 0 Å². The third-order valence-electron chi connectivity index (χ3n) is 3.23. The predicted molar refractivity (Wildman–Crippen MR) is 83.9 cm³/mol. The van der Waals surface area contributed by atoms with Gasteiger partial charge in [-0.2, -0.15) is 0 Å². The number of rotatable bonds is 7. The fraction of sp³-hybridized carbons (Fsp3) is 0.533. The first kappa shape index (κ1) is 17.7. The maximum Gasteiger partial charge on any atom is 0.222 e. The molecule has 1 amide bonds. The van der Waals surface area contributed by atoms with Crippen LogP contribution < -0.4 is 10.6 Å². The molecule has 0 saturated heterocycles.